The summed E-state index contributed by atoms with van der Waals surface area (Å²) in [7, 11) is 0. The third kappa shape index (κ3) is 3.47. The summed E-state index contributed by atoms with van der Waals surface area (Å²) < 4.78 is 40.7. The number of aryl methyl sites for hydroxylation is 1. The molecule has 28 heavy (non-hydrogen) atoms. The molecule has 3 aromatic rings. The van der Waals surface area contributed by atoms with Crippen LogP contribution in [0.5, 0.6) is 0 Å². The molecule has 0 saturated carbocycles. The molecule has 0 bridgehead atoms. The van der Waals surface area contributed by atoms with Gasteiger partial charge in [0.1, 0.15) is 11.9 Å². The Balaban J connectivity index is 1.59. The minimum Gasteiger partial charge on any atom is -0.349 e. The summed E-state index contributed by atoms with van der Waals surface area (Å²) in [5.74, 6) is 0.611. The van der Waals surface area contributed by atoms with Crippen molar-refractivity contribution < 1.29 is 18.0 Å². The maximum Gasteiger partial charge on any atom is 0.416 e. The van der Waals surface area contributed by atoms with E-state index in [-0.39, 0.29) is 23.8 Å². The fourth-order valence-electron chi connectivity index (χ4n) is 3.29. The molecule has 3 heterocycles. The zero-order valence-corrected chi connectivity index (χ0v) is 14.6. The van der Waals surface area contributed by atoms with Gasteiger partial charge in [-0.2, -0.15) is 13.2 Å². The van der Waals surface area contributed by atoms with E-state index in [1.54, 1.807) is 22.9 Å². The molecule has 1 N–H and O–H groups in total. The number of nitrogens with zero attached hydrogens (tertiary/aromatic N) is 4. The highest BCUT2D eigenvalue weighted by molar-refractivity contribution is 5.81. The first kappa shape index (κ1) is 18.1. The van der Waals surface area contributed by atoms with Gasteiger partial charge in [0.15, 0.2) is 5.82 Å². The molecule has 1 atom stereocenters. The average molecular weight is 387 g/mol. The first-order chi connectivity index (χ1) is 13.4. The molecule has 0 fully saturated rings. The Labute approximate surface area is 158 Å². The number of pyridine rings is 1. The number of hydrogen-bond donors (Lipinski definition) is 1. The Bertz CT molecular complexity index is 1000. The number of alkyl halides is 3. The Morgan fingerprint density at radius 2 is 2.04 bits per heavy atom. The fourth-order valence-corrected chi connectivity index (χ4v) is 3.29. The van der Waals surface area contributed by atoms with Crippen LogP contribution in [0.4, 0.5) is 13.2 Å². The van der Waals surface area contributed by atoms with Gasteiger partial charge in [0.25, 0.3) is 0 Å². The van der Waals surface area contributed by atoms with Crippen molar-refractivity contribution >= 4 is 5.91 Å². The van der Waals surface area contributed by atoms with Gasteiger partial charge in [-0.3, -0.25) is 14.3 Å². The monoisotopic (exact) mass is 387 g/mol. The van der Waals surface area contributed by atoms with Crippen LogP contribution in [-0.4, -0.2) is 25.7 Å². The zero-order valence-electron chi connectivity index (χ0n) is 14.6. The van der Waals surface area contributed by atoms with Crippen LogP contribution < -0.4 is 5.32 Å². The van der Waals surface area contributed by atoms with E-state index in [1.165, 1.54) is 12.1 Å². The van der Waals surface area contributed by atoms with E-state index >= 15 is 0 Å². The van der Waals surface area contributed by atoms with Gasteiger partial charge in [0.2, 0.25) is 5.91 Å². The summed E-state index contributed by atoms with van der Waals surface area (Å²) >= 11 is 0. The molecule has 1 amide bonds. The molecule has 1 aromatic carbocycles. The maximum absolute atomic E-state index is 13.0. The van der Waals surface area contributed by atoms with Gasteiger partial charge in [-0.25, -0.2) is 0 Å². The molecule has 144 valence electrons. The van der Waals surface area contributed by atoms with E-state index in [0.29, 0.717) is 18.7 Å². The molecular weight excluding hydrogens is 371 g/mol. The van der Waals surface area contributed by atoms with Crippen LogP contribution in [-0.2, 0) is 23.9 Å². The molecule has 6 nitrogen and oxygen atoms in total. The molecule has 4 rings (SSSR count). The molecular formula is C19H16F3N5O. The molecule has 0 radical (unpaired) electrons. The van der Waals surface area contributed by atoms with Gasteiger partial charge in [-0.15, -0.1) is 10.2 Å². The van der Waals surface area contributed by atoms with Gasteiger partial charge in [-0.1, -0.05) is 18.2 Å². The number of rotatable bonds is 4. The van der Waals surface area contributed by atoms with Crippen molar-refractivity contribution in [2.75, 3.05) is 0 Å². The van der Waals surface area contributed by atoms with Gasteiger partial charge in [0.05, 0.1) is 17.8 Å². The maximum atomic E-state index is 13.0. The number of aromatic nitrogens is 4. The highest BCUT2D eigenvalue weighted by Gasteiger charge is 2.34. The van der Waals surface area contributed by atoms with Crippen molar-refractivity contribution in [1.82, 2.24) is 25.1 Å². The summed E-state index contributed by atoms with van der Waals surface area (Å²) in [5.41, 5.74) is 0.227. The lowest BCUT2D eigenvalue weighted by Crippen LogP contribution is -2.31. The number of benzene rings is 1. The van der Waals surface area contributed by atoms with Gasteiger partial charge >= 0.3 is 6.18 Å². The molecule has 2 aromatic heterocycles. The number of nitrogens with one attached hydrogen (secondary N) is 1. The van der Waals surface area contributed by atoms with E-state index in [2.05, 4.69) is 20.5 Å². The van der Waals surface area contributed by atoms with Gasteiger partial charge in [0, 0.05) is 18.2 Å². The molecule has 0 aliphatic carbocycles. The molecule has 1 unspecified atom stereocenters. The quantitative estimate of drug-likeness (QED) is 0.746. The lowest BCUT2D eigenvalue weighted by atomic mass is 10.1. The minimum atomic E-state index is -4.46. The highest BCUT2D eigenvalue weighted by atomic mass is 19.4. The largest absolute Gasteiger partial charge is 0.416 e. The summed E-state index contributed by atoms with van der Waals surface area (Å²) in [6, 6.07) is 9.73. The Hall–Kier alpha value is -3.23. The standard InChI is InChI=1S/C19H16F3N5O/c20-19(21,22)13-5-3-4-12(10-13)17-26-25-16-8-7-15(27(16)17)18(28)24-11-14-6-1-2-9-23-14/h1-6,9-10,15H,7-8,11H2,(H,24,28). The number of carbonyl (C=O) groups excluding carboxylic acids is 1. The third-order valence-electron chi connectivity index (χ3n) is 4.64. The van der Waals surface area contributed by atoms with Crippen LogP contribution >= 0.6 is 0 Å². The van der Waals surface area contributed by atoms with Crippen molar-refractivity contribution in [2.45, 2.75) is 31.6 Å². The van der Waals surface area contributed by atoms with Crippen molar-refractivity contribution in [3.8, 4) is 11.4 Å². The van der Waals surface area contributed by atoms with Crippen LogP contribution in [0, 0.1) is 0 Å². The van der Waals surface area contributed by atoms with E-state index in [4.69, 9.17) is 0 Å². The summed E-state index contributed by atoms with van der Waals surface area (Å²) in [6.07, 6.45) is -1.76. The minimum absolute atomic E-state index is 0.238. The second kappa shape index (κ2) is 7.06. The van der Waals surface area contributed by atoms with Gasteiger partial charge in [-0.05, 0) is 30.7 Å². The second-order valence-electron chi connectivity index (χ2n) is 6.48. The Morgan fingerprint density at radius 1 is 1.18 bits per heavy atom. The SMILES string of the molecule is O=C(NCc1ccccn1)C1CCc2nnc(-c3cccc(C(F)(F)F)c3)n21. The first-order valence-electron chi connectivity index (χ1n) is 8.72. The number of halogens is 3. The molecule has 9 heteroatoms. The van der Waals surface area contributed by atoms with E-state index < -0.39 is 17.8 Å². The molecule has 1 aliphatic rings. The molecule has 0 spiro atoms. The first-order valence-corrected chi connectivity index (χ1v) is 8.72. The molecule has 1 aliphatic heterocycles. The second-order valence-corrected chi connectivity index (χ2v) is 6.48. The van der Waals surface area contributed by atoms with Crippen molar-refractivity contribution in [3.05, 3.63) is 65.7 Å². The smallest absolute Gasteiger partial charge is 0.349 e. The summed E-state index contributed by atoms with van der Waals surface area (Å²) in [6.45, 7) is 0.270. The molecule has 0 saturated heterocycles. The van der Waals surface area contributed by atoms with Gasteiger partial charge < -0.3 is 5.32 Å². The van der Waals surface area contributed by atoms with Crippen molar-refractivity contribution in [2.24, 2.45) is 0 Å². The number of carbonyl (C=O) groups is 1. The number of hydrogen-bond acceptors (Lipinski definition) is 4. The Kier molecular flexibility index (Phi) is 4.58. The lowest BCUT2D eigenvalue weighted by Gasteiger charge is -2.16. The number of amides is 1. The van der Waals surface area contributed by atoms with Crippen LogP contribution in [0.1, 0.15) is 29.5 Å². The summed E-state index contributed by atoms with van der Waals surface area (Å²) in [5, 5.41) is 10.9. The number of fused-ring (bicyclic) bond motifs is 1. The topological polar surface area (TPSA) is 72.7 Å². The third-order valence-corrected chi connectivity index (χ3v) is 4.64. The van der Waals surface area contributed by atoms with E-state index in [0.717, 1.165) is 17.8 Å². The summed E-state index contributed by atoms with van der Waals surface area (Å²) in [4.78, 5) is 16.9. The average Bonchev–Trinajstić information content (AvgIpc) is 3.28. The lowest BCUT2D eigenvalue weighted by molar-refractivity contribution is -0.137. The van der Waals surface area contributed by atoms with Crippen LogP contribution in [0.3, 0.4) is 0 Å². The van der Waals surface area contributed by atoms with E-state index in [1.807, 2.05) is 6.07 Å². The van der Waals surface area contributed by atoms with E-state index in [9.17, 15) is 18.0 Å². The van der Waals surface area contributed by atoms with Crippen LogP contribution in [0.15, 0.2) is 48.7 Å². The van der Waals surface area contributed by atoms with Crippen molar-refractivity contribution in [3.63, 3.8) is 0 Å². The fraction of sp³-hybridized carbons (Fsp3) is 0.263. The predicted molar refractivity (Wildman–Crippen MR) is 93.9 cm³/mol. The zero-order chi connectivity index (χ0) is 19.7. The van der Waals surface area contributed by atoms with Crippen LogP contribution in [0.2, 0.25) is 0 Å². The Morgan fingerprint density at radius 3 is 2.79 bits per heavy atom. The normalized spacial score (nSPS) is 16.0. The van der Waals surface area contributed by atoms with Crippen molar-refractivity contribution in [1.29, 1.82) is 0 Å². The predicted octanol–water partition coefficient (Wildman–Crippen LogP) is 3.16. The van der Waals surface area contributed by atoms with Crippen LogP contribution in [0.25, 0.3) is 11.4 Å². The highest BCUT2D eigenvalue weighted by Crippen LogP contribution is 2.35.